The Morgan fingerprint density at radius 3 is 2.48 bits per heavy atom. The molecule has 3 rings (SSSR count). The minimum Gasteiger partial charge on any atom is -0.354 e. The van der Waals surface area contributed by atoms with Crippen LogP contribution in [0.4, 0.5) is 32.0 Å². The van der Waals surface area contributed by atoms with Crippen LogP contribution in [0.1, 0.15) is 33.9 Å². The summed E-state index contributed by atoms with van der Waals surface area (Å²) < 4.78 is 83.9. The molecule has 0 unspecified atom stereocenters. The Hall–Kier alpha value is -3.31. The van der Waals surface area contributed by atoms with Crippen molar-refractivity contribution in [2.75, 3.05) is 5.32 Å². The van der Waals surface area contributed by atoms with Gasteiger partial charge in [-0.15, -0.1) is 0 Å². The second-order valence-corrected chi connectivity index (χ2v) is 5.99. The summed E-state index contributed by atoms with van der Waals surface area (Å²) in [5, 5.41) is 8.85. The van der Waals surface area contributed by atoms with E-state index in [-0.39, 0.29) is 22.6 Å². The number of nitrogens with zero attached hydrogens (tertiary/aromatic N) is 3. The van der Waals surface area contributed by atoms with Gasteiger partial charge in [0.15, 0.2) is 5.69 Å². The van der Waals surface area contributed by atoms with Crippen LogP contribution >= 0.6 is 0 Å². The summed E-state index contributed by atoms with van der Waals surface area (Å²) in [7, 11) is 1.22. The minimum absolute atomic E-state index is 0.0792. The molecule has 154 valence electrons. The SMILES string of the molecule is Cc1noc(C(F)F)c1C(=O)Nc1ccc(-c2cc(C(F)(F)F)nn2C)c(F)c1. The third-order valence-electron chi connectivity index (χ3n) is 3.99. The van der Waals surface area contributed by atoms with E-state index in [9.17, 15) is 31.1 Å². The molecule has 0 aliphatic rings. The zero-order valence-corrected chi connectivity index (χ0v) is 14.8. The highest BCUT2D eigenvalue weighted by atomic mass is 19.4. The van der Waals surface area contributed by atoms with E-state index in [1.165, 1.54) is 20.0 Å². The lowest BCUT2D eigenvalue weighted by Gasteiger charge is -2.08. The Morgan fingerprint density at radius 1 is 1.24 bits per heavy atom. The number of alkyl halides is 5. The highest BCUT2D eigenvalue weighted by molar-refractivity contribution is 6.05. The van der Waals surface area contributed by atoms with Crippen LogP contribution in [0, 0.1) is 12.7 Å². The number of nitrogens with one attached hydrogen (secondary N) is 1. The Kier molecular flexibility index (Phi) is 5.11. The fourth-order valence-electron chi connectivity index (χ4n) is 2.66. The normalized spacial score (nSPS) is 11.9. The van der Waals surface area contributed by atoms with Gasteiger partial charge in [0, 0.05) is 18.3 Å². The van der Waals surface area contributed by atoms with Crippen LogP contribution in [0.15, 0.2) is 28.8 Å². The molecule has 0 bridgehead atoms. The maximum Gasteiger partial charge on any atom is 0.435 e. The second-order valence-electron chi connectivity index (χ2n) is 5.99. The maximum atomic E-state index is 14.5. The zero-order chi connectivity index (χ0) is 21.5. The molecular weight excluding hydrogens is 406 g/mol. The Bertz CT molecular complexity index is 1070. The first-order valence-electron chi connectivity index (χ1n) is 7.96. The van der Waals surface area contributed by atoms with Crippen LogP contribution in [-0.2, 0) is 13.2 Å². The second kappa shape index (κ2) is 7.26. The van der Waals surface area contributed by atoms with E-state index < -0.39 is 41.3 Å². The van der Waals surface area contributed by atoms with Gasteiger partial charge in [0.1, 0.15) is 11.4 Å². The molecule has 2 aromatic heterocycles. The predicted molar refractivity (Wildman–Crippen MR) is 87.8 cm³/mol. The van der Waals surface area contributed by atoms with Crippen molar-refractivity contribution in [3.63, 3.8) is 0 Å². The third-order valence-corrected chi connectivity index (χ3v) is 3.99. The molecule has 0 aliphatic heterocycles. The number of aryl methyl sites for hydroxylation is 2. The summed E-state index contributed by atoms with van der Waals surface area (Å²) in [6.45, 7) is 1.29. The van der Waals surface area contributed by atoms with Gasteiger partial charge in [-0.2, -0.15) is 18.3 Å². The molecule has 1 N–H and O–H groups in total. The van der Waals surface area contributed by atoms with Crippen LogP contribution in [0.2, 0.25) is 0 Å². The highest BCUT2D eigenvalue weighted by Gasteiger charge is 2.35. The zero-order valence-electron chi connectivity index (χ0n) is 14.8. The smallest absolute Gasteiger partial charge is 0.354 e. The van der Waals surface area contributed by atoms with Gasteiger partial charge in [0.25, 0.3) is 12.3 Å². The number of hydrogen-bond acceptors (Lipinski definition) is 4. The van der Waals surface area contributed by atoms with Crippen LogP contribution in [0.25, 0.3) is 11.3 Å². The van der Waals surface area contributed by atoms with E-state index in [2.05, 4.69) is 20.1 Å². The van der Waals surface area contributed by atoms with E-state index >= 15 is 0 Å². The molecule has 0 atom stereocenters. The van der Waals surface area contributed by atoms with Crippen molar-refractivity contribution < 1.29 is 35.7 Å². The summed E-state index contributed by atoms with van der Waals surface area (Å²) >= 11 is 0. The van der Waals surface area contributed by atoms with Crippen LogP contribution in [0.3, 0.4) is 0 Å². The molecule has 29 heavy (non-hydrogen) atoms. The van der Waals surface area contributed by atoms with Gasteiger partial charge in [0.05, 0.1) is 11.4 Å². The lowest BCUT2D eigenvalue weighted by Crippen LogP contribution is -2.14. The van der Waals surface area contributed by atoms with E-state index in [1.807, 2.05) is 0 Å². The fourth-order valence-corrected chi connectivity index (χ4v) is 2.66. The molecule has 2 heterocycles. The molecular formula is C17H12F6N4O2. The standard InChI is InChI=1S/C17H12F6N4O2/c1-7-13(14(15(19)20)29-26-7)16(28)24-8-3-4-9(10(18)5-8)11-6-12(17(21,22)23)25-27(11)2/h3-6,15H,1-2H3,(H,24,28). The van der Waals surface area contributed by atoms with Crippen molar-refractivity contribution in [2.24, 2.45) is 7.05 Å². The monoisotopic (exact) mass is 418 g/mol. The molecule has 0 saturated carbocycles. The molecule has 0 radical (unpaired) electrons. The van der Waals surface area contributed by atoms with Gasteiger partial charge in [-0.1, -0.05) is 5.16 Å². The Labute approximate surface area is 159 Å². The summed E-state index contributed by atoms with van der Waals surface area (Å²) in [6, 6.07) is 3.88. The topological polar surface area (TPSA) is 73.0 Å². The number of hydrogen-bond donors (Lipinski definition) is 1. The van der Waals surface area contributed by atoms with Crippen LogP contribution in [0.5, 0.6) is 0 Å². The summed E-state index contributed by atoms with van der Waals surface area (Å²) in [6.07, 6.45) is -7.78. The first-order chi connectivity index (χ1) is 13.5. The lowest BCUT2D eigenvalue weighted by molar-refractivity contribution is -0.141. The van der Waals surface area contributed by atoms with Gasteiger partial charge < -0.3 is 9.84 Å². The van der Waals surface area contributed by atoms with Gasteiger partial charge in [-0.25, -0.2) is 13.2 Å². The Balaban J connectivity index is 1.89. The molecule has 1 aromatic carbocycles. The van der Waals surface area contributed by atoms with Crippen LogP contribution < -0.4 is 5.32 Å². The molecule has 0 saturated heterocycles. The highest BCUT2D eigenvalue weighted by Crippen LogP contribution is 2.33. The molecule has 6 nitrogen and oxygen atoms in total. The summed E-state index contributed by atoms with van der Waals surface area (Å²) in [4.78, 5) is 12.2. The molecule has 3 aromatic rings. The van der Waals surface area contributed by atoms with Crippen molar-refractivity contribution in [3.8, 4) is 11.3 Å². The molecule has 0 fully saturated rings. The summed E-state index contributed by atoms with van der Waals surface area (Å²) in [5.74, 6) is -2.87. The Morgan fingerprint density at radius 2 is 1.93 bits per heavy atom. The number of carbonyl (C=O) groups is 1. The quantitative estimate of drug-likeness (QED) is 0.622. The molecule has 1 amide bonds. The van der Waals surface area contributed by atoms with Gasteiger partial charge in [-0.05, 0) is 31.2 Å². The van der Waals surface area contributed by atoms with E-state index in [4.69, 9.17) is 0 Å². The number of carbonyl (C=O) groups excluding carboxylic acids is 1. The number of benzene rings is 1. The average molecular weight is 418 g/mol. The van der Waals surface area contributed by atoms with Crippen molar-refractivity contribution in [2.45, 2.75) is 19.5 Å². The fraction of sp³-hybridized carbons (Fsp3) is 0.235. The number of halogens is 6. The lowest BCUT2D eigenvalue weighted by atomic mass is 10.1. The van der Waals surface area contributed by atoms with Crippen molar-refractivity contribution in [3.05, 3.63) is 52.8 Å². The van der Waals surface area contributed by atoms with E-state index in [0.717, 1.165) is 16.8 Å². The molecule has 0 spiro atoms. The van der Waals surface area contributed by atoms with E-state index in [1.54, 1.807) is 0 Å². The number of amides is 1. The molecule has 12 heteroatoms. The molecule has 0 aliphatic carbocycles. The van der Waals surface area contributed by atoms with Crippen molar-refractivity contribution in [1.82, 2.24) is 14.9 Å². The van der Waals surface area contributed by atoms with Crippen molar-refractivity contribution >= 4 is 11.6 Å². The van der Waals surface area contributed by atoms with Gasteiger partial charge in [-0.3, -0.25) is 9.48 Å². The van der Waals surface area contributed by atoms with Gasteiger partial charge >= 0.3 is 6.18 Å². The third kappa shape index (κ3) is 3.96. The van der Waals surface area contributed by atoms with E-state index in [0.29, 0.717) is 6.07 Å². The average Bonchev–Trinajstić information content (AvgIpc) is 3.18. The predicted octanol–water partition coefficient (Wildman–Crippen LogP) is 4.73. The van der Waals surface area contributed by atoms with Gasteiger partial charge in [0.2, 0.25) is 5.76 Å². The number of rotatable bonds is 4. The summed E-state index contributed by atoms with van der Waals surface area (Å²) in [5.41, 5.74) is -2.18. The first kappa shape index (κ1) is 20.4. The largest absolute Gasteiger partial charge is 0.435 e. The van der Waals surface area contributed by atoms with Crippen LogP contribution in [-0.4, -0.2) is 20.8 Å². The number of anilines is 1. The van der Waals surface area contributed by atoms with Crippen molar-refractivity contribution in [1.29, 1.82) is 0 Å². The number of aromatic nitrogens is 3. The maximum absolute atomic E-state index is 14.5. The minimum atomic E-state index is -4.70. The first-order valence-corrected chi connectivity index (χ1v) is 7.96.